The predicted octanol–water partition coefficient (Wildman–Crippen LogP) is 3.44. The first kappa shape index (κ1) is 21.4. The molecule has 0 saturated carbocycles. The fourth-order valence-electron chi connectivity index (χ4n) is 3.50. The molecule has 1 aromatic carbocycles. The number of ether oxygens (including phenoxy) is 3. The van der Waals surface area contributed by atoms with E-state index >= 15 is 0 Å². The lowest BCUT2D eigenvalue weighted by molar-refractivity contribution is 0.0645. The van der Waals surface area contributed by atoms with Crippen LogP contribution in [0.25, 0.3) is 0 Å². The number of carbonyl (C=O) groups is 1. The Hall–Kier alpha value is -1.95. The van der Waals surface area contributed by atoms with E-state index in [2.05, 4.69) is 11.8 Å². The second kappa shape index (κ2) is 10.4. The van der Waals surface area contributed by atoms with Crippen LogP contribution in [0.1, 0.15) is 50.9 Å². The Morgan fingerprint density at radius 1 is 1.00 bits per heavy atom. The topological polar surface area (TPSA) is 51.2 Å². The van der Waals surface area contributed by atoms with E-state index in [1.165, 1.54) is 0 Å². The number of nitrogens with zero attached hydrogens (tertiary/aromatic N) is 2. The average Bonchev–Trinajstić information content (AvgIpc) is 2.69. The Morgan fingerprint density at radius 2 is 1.52 bits per heavy atom. The van der Waals surface area contributed by atoms with Gasteiger partial charge in [0.2, 0.25) is 5.75 Å². The first-order valence-electron chi connectivity index (χ1n) is 10.1. The molecule has 0 aliphatic carbocycles. The van der Waals surface area contributed by atoms with Crippen molar-refractivity contribution in [1.29, 1.82) is 0 Å². The summed E-state index contributed by atoms with van der Waals surface area (Å²) in [5.41, 5.74) is 0.575. The molecule has 1 aliphatic heterocycles. The third kappa shape index (κ3) is 5.28. The molecule has 0 atom stereocenters. The smallest absolute Gasteiger partial charge is 0.254 e. The third-order valence-corrected chi connectivity index (χ3v) is 5.03. The Kier molecular flexibility index (Phi) is 8.23. The van der Waals surface area contributed by atoms with Crippen molar-refractivity contribution in [3.05, 3.63) is 17.7 Å². The van der Waals surface area contributed by atoms with Crippen LogP contribution in [0, 0.1) is 0 Å². The van der Waals surface area contributed by atoms with Crippen LogP contribution in [0.15, 0.2) is 12.1 Å². The van der Waals surface area contributed by atoms with Gasteiger partial charge in [0.15, 0.2) is 11.5 Å². The number of piperidine rings is 1. The standard InChI is InChI=1S/C21H34N2O4/c1-6-23-12-10-17(11-13-23)22(5)21(24)16-14-18(25-7-2)20(27-9-4)19(15-16)26-8-3/h14-15,17H,6-13H2,1-5H3. The molecule has 0 unspecified atom stereocenters. The van der Waals surface area contributed by atoms with Gasteiger partial charge in [-0.05, 0) is 52.3 Å². The van der Waals surface area contributed by atoms with Crippen molar-refractivity contribution in [3.63, 3.8) is 0 Å². The van der Waals surface area contributed by atoms with Gasteiger partial charge in [-0.15, -0.1) is 0 Å². The van der Waals surface area contributed by atoms with Crippen molar-refractivity contribution in [2.75, 3.05) is 46.5 Å². The fourth-order valence-corrected chi connectivity index (χ4v) is 3.50. The number of likely N-dealkylation sites (tertiary alicyclic amines) is 1. The maximum atomic E-state index is 13.1. The summed E-state index contributed by atoms with van der Waals surface area (Å²) in [6.45, 7) is 12.6. The van der Waals surface area contributed by atoms with E-state index in [4.69, 9.17) is 14.2 Å². The van der Waals surface area contributed by atoms with Crippen molar-refractivity contribution in [1.82, 2.24) is 9.80 Å². The van der Waals surface area contributed by atoms with E-state index in [-0.39, 0.29) is 11.9 Å². The van der Waals surface area contributed by atoms with Crippen LogP contribution in [0.5, 0.6) is 17.2 Å². The molecule has 1 saturated heterocycles. The molecule has 0 radical (unpaired) electrons. The first-order valence-corrected chi connectivity index (χ1v) is 10.1. The minimum absolute atomic E-state index is 0.00472. The summed E-state index contributed by atoms with van der Waals surface area (Å²) in [5, 5.41) is 0. The van der Waals surface area contributed by atoms with E-state index in [1.54, 1.807) is 12.1 Å². The minimum Gasteiger partial charge on any atom is -0.490 e. The lowest BCUT2D eigenvalue weighted by Crippen LogP contribution is -2.45. The van der Waals surface area contributed by atoms with Crippen LogP contribution < -0.4 is 14.2 Å². The molecule has 1 amide bonds. The zero-order chi connectivity index (χ0) is 19.8. The van der Waals surface area contributed by atoms with Crippen LogP contribution in [-0.4, -0.2) is 68.3 Å². The van der Waals surface area contributed by atoms with Gasteiger partial charge in [0, 0.05) is 31.7 Å². The highest BCUT2D eigenvalue weighted by Gasteiger charge is 2.27. The third-order valence-electron chi connectivity index (χ3n) is 5.03. The summed E-state index contributed by atoms with van der Waals surface area (Å²) < 4.78 is 17.2. The van der Waals surface area contributed by atoms with Crippen molar-refractivity contribution < 1.29 is 19.0 Å². The summed E-state index contributed by atoms with van der Waals surface area (Å²) in [6, 6.07) is 3.81. The summed E-state index contributed by atoms with van der Waals surface area (Å²) in [5.74, 6) is 1.68. The van der Waals surface area contributed by atoms with Crippen LogP contribution in [0.3, 0.4) is 0 Å². The highest BCUT2D eigenvalue weighted by molar-refractivity contribution is 5.95. The van der Waals surface area contributed by atoms with Crippen molar-refractivity contribution in [3.8, 4) is 17.2 Å². The van der Waals surface area contributed by atoms with Gasteiger partial charge in [0.05, 0.1) is 19.8 Å². The monoisotopic (exact) mass is 378 g/mol. The van der Waals surface area contributed by atoms with Gasteiger partial charge in [-0.1, -0.05) is 6.92 Å². The molecule has 6 nitrogen and oxygen atoms in total. The summed E-state index contributed by atoms with van der Waals surface area (Å²) in [4.78, 5) is 17.4. The van der Waals surface area contributed by atoms with Gasteiger partial charge in [0.1, 0.15) is 0 Å². The van der Waals surface area contributed by atoms with Crippen LogP contribution in [-0.2, 0) is 0 Å². The number of carbonyl (C=O) groups excluding carboxylic acids is 1. The van der Waals surface area contributed by atoms with E-state index in [9.17, 15) is 4.79 Å². The average molecular weight is 379 g/mol. The summed E-state index contributed by atoms with van der Waals surface area (Å²) in [7, 11) is 1.89. The molecule has 1 aliphatic rings. The van der Waals surface area contributed by atoms with Crippen LogP contribution in [0.4, 0.5) is 0 Å². The Balaban J connectivity index is 2.26. The van der Waals surface area contributed by atoms with E-state index in [0.29, 0.717) is 42.6 Å². The molecule has 152 valence electrons. The fraction of sp³-hybridized carbons (Fsp3) is 0.667. The molecular formula is C21H34N2O4. The lowest BCUT2D eigenvalue weighted by Gasteiger charge is -2.36. The zero-order valence-electron chi connectivity index (χ0n) is 17.4. The molecule has 27 heavy (non-hydrogen) atoms. The molecule has 1 fully saturated rings. The van der Waals surface area contributed by atoms with Gasteiger partial charge in [-0.3, -0.25) is 4.79 Å². The summed E-state index contributed by atoms with van der Waals surface area (Å²) >= 11 is 0. The molecule has 0 spiro atoms. The first-order chi connectivity index (χ1) is 13.0. The van der Waals surface area contributed by atoms with Crippen molar-refractivity contribution in [2.24, 2.45) is 0 Å². The number of amides is 1. The maximum absolute atomic E-state index is 13.1. The van der Waals surface area contributed by atoms with Gasteiger partial charge in [-0.2, -0.15) is 0 Å². The van der Waals surface area contributed by atoms with E-state index in [0.717, 1.165) is 32.5 Å². The van der Waals surface area contributed by atoms with Gasteiger partial charge in [0.25, 0.3) is 5.91 Å². The quantitative estimate of drug-likeness (QED) is 0.659. The molecule has 6 heteroatoms. The highest BCUT2D eigenvalue weighted by Crippen LogP contribution is 2.39. The maximum Gasteiger partial charge on any atom is 0.254 e. The van der Waals surface area contributed by atoms with Gasteiger partial charge in [-0.25, -0.2) is 0 Å². The number of hydrogen-bond acceptors (Lipinski definition) is 5. The molecule has 0 bridgehead atoms. The Labute approximate surface area is 163 Å². The molecule has 0 N–H and O–H groups in total. The largest absolute Gasteiger partial charge is 0.490 e. The second-order valence-corrected chi connectivity index (χ2v) is 6.68. The zero-order valence-corrected chi connectivity index (χ0v) is 17.4. The summed E-state index contributed by atoms with van der Waals surface area (Å²) in [6.07, 6.45) is 2.01. The van der Waals surface area contributed by atoms with E-state index in [1.807, 2.05) is 32.7 Å². The minimum atomic E-state index is -0.00472. The number of hydrogen-bond donors (Lipinski definition) is 0. The van der Waals surface area contributed by atoms with Crippen LogP contribution >= 0.6 is 0 Å². The Bertz CT molecular complexity index is 585. The Morgan fingerprint density at radius 3 is 1.96 bits per heavy atom. The molecule has 0 aromatic heterocycles. The van der Waals surface area contributed by atoms with Gasteiger partial charge < -0.3 is 24.0 Å². The van der Waals surface area contributed by atoms with Crippen LogP contribution in [0.2, 0.25) is 0 Å². The normalized spacial score (nSPS) is 15.4. The molecule has 1 aromatic rings. The van der Waals surface area contributed by atoms with Crippen molar-refractivity contribution >= 4 is 5.91 Å². The SMILES string of the molecule is CCOc1cc(C(=O)N(C)C2CCN(CC)CC2)cc(OCC)c1OCC. The highest BCUT2D eigenvalue weighted by atomic mass is 16.5. The predicted molar refractivity (Wildman–Crippen MR) is 107 cm³/mol. The van der Waals surface area contributed by atoms with E-state index < -0.39 is 0 Å². The number of rotatable bonds is 9. The molecule has 2 rings (SSSR count). The van der Waals surface area contributed by atoms with Crippen molar-refractivity contribution in [2.45, 2.75) is 46.6 Å². The molecular weight excluding hydrogens is 344 g/mol. The number of benzene rings is 1. The van der Waals surface area contributed by atoms with Gasteiger partial charge >= 0.3 is 0 Å². The lowest BCUT2D eigenvalue weighted by atomic mass is 10.0. The molecule has 1 heterocycles. The second-order valence-electron chi connectivity index (χ2n) is 6.68.